The molecule has 0 aliphatic rings. The van der Waals surface area contributed by atoms with Gasteiger partial charge in [0.1, 0.15) is 0 Å². The van der Waals surface area contributed by atoms with Crippen molar-refractivity contribution in [3.63, 3.8) is 0 Å². The Morgan fingerprint density at radius 3 is 2.25 bits per heavy atom. The zero-order chi connectivity index (χ0) is 18.4. The number of rotatable bonds is 4. The van der Waals surface area contributed by atoms with Crippen molar-refractivity contribution in [1.29, 1.82) is 5.26 Å². The van der Waals surface area contributed by atoms with Gasteiger partial charge in [-0.1, -0.05) is 68.8 Å². The zero-order valence-corrected chi connectivity index (χ0v) is 15.6. The standard InChI is InChI=1S/C11H14O.C9H9N.C2H6/c1-3-5-11(12)10-7-4-6-9(2)8-10;1-8-4-2-3-5-9(8)6-7-10;1-2/h4,6-8H,3,5H2,1-2H3;2-5H,6H2,1H3;1-2H3. The Morgan fingerprint density at radius 1 is 1.04 bits per heavy atom. The summed E-state index contributed by atoms with van der Waals surface area (Å²) in [5.74, 6) is 0.251. The number of benzene rings is 2. The first-order valence-corrected chi connectivity index (χ1v) is 8.59. The van der Waals surface area contributed by atoms with Crippen LogP contribution in [0.2, 0.25) is 0 Å². The van der Waals surface area contributed by atoms with Crippen molar-refractivity contribution < 1.29 is 4.79 Å². The number of ketones is 1. The highest BCUT2D eigenvalue weighted by atomic mass is 16.1. The van der Waals surface area contributed by atoms with Gasteiger partial charge >= 0.3 is 0 Å². The summed E-state index contributed by atoms with van der Waals surface area (Å²) in [6.07, 6.45) is 2.10. The summed E-state index contributed by atoms with van der Waals surface area (Å²) < 4.78 is 0. The largest absolute Gasteiger partial charge is 0.294 e. The van der Waals surface area contributed by atoms with Gasteiger partial charge in [-0.15, -0.1) is 0 Å². The summed E-state index contributed by atoms with van der Waals surface area (Å²) in [6, 6.07) is 17.8. The highest BCUT2D eigenvalue weighted by Crippen LogP contribution is 2.08. The summed E-state index contributed by atoms with van der Waals surface area (Å²) >= 11 is 0. The van der Waals surface area contributed by atoms with Crippen LogP contribution in [0.1, 0.15) is 60.7 Å². The molecule has 0 aliphatic heterocycles. The second-order valence-electron chi connectivity index (χ2n) is 5.30. The topological polar surface area (TPSA) is 40.9 Å². The molecule has 0 aromatic heterocycles. The molecule has 24 heavy (non-hydrogen) atoms. The van der Waals surface area contributed by atoms with Crippen LogP contribution in [0.4, 0.5) is 0 Å². The molecule has 2 heteroatoms. The van der Waals surface area contributed by atoms with E-state index in [1.807, 2.05) is 83.1 Å². The van der Waals surface area contributed by atoms with E-state index >= 15 is 0 Å². The fourth-order valence-corrected chi connectivity index (χ4v) is 2.08. The first kappa shape index (κ1) is 21.6. The Morgan fingerprint density at radius 2 is 1.71 bits per heavy atom. The highest BCUT2D eigenvalue weighted by molar-refractivity contribution is 5.96. The minimum atomic E-state index is 0.251. The van der Waals surface area contributed by atoms with Gasteiger partial charge in [-0.05, 0) is 37.5 Å². The van der Waals surface area contributed by atoms with Gasteiger partial charge in [-0.2, -0.15) is 5.26 Å². The van der Waals surface area contributed by atoms with Crippen molar-refractivity contribution in [3.8, 4) is 6.07 Å². The number of nitriles is 1. The van der Waals surface area contributed by atoms with Gasteiger partial charge in [0.05, 0.1) is 12.5 Å². The molecule has 0 N–H and O–H groups in total. The predicted octanol–water partition coefficient (Wildman–Crippen LogP) is 6.07. The van der Waals surface area contributed by atoms with Crippen molar-refractivity contribution in [3.05, 3.63) is 70.8 Å². The lowest BCUT2D eigenvalue weighted by Gasteiger charge is -1.99. The average Bonchev–Trinajstić information content (AvgIpc) is 2.60. The van der Waals surface area contributed by atoms with E-state index in [0.29, 0.717) is 12.8 Å². The number of nitrogens with zero attached hydrogens (tertiary/aromatic N) is 1. The summed E-state index contributed by atoms with van der Waals surface area (Å²) in [5.41, 5.74) is 4.32. The molecule has 0 amide bonds. The monoisotopic (exact) mass is 323 g/mol. The molecule has 2 nitrogen and oxygen atoms in total. The number of carbonyl (C=O) groups is 1. The maximum atomic E-state index is 11.4. The molecule has 0 radical (unpaired) electrons. The van der Waals surface area contributed by atoms with Gasteiger partial charge in [-0.3, -0.25) is 4.79 Å². The molecule has 2 aromatic carbocycles. The van der Waals surface area contributed by atoms with Crippen molar-refractivity contribution in [2.45, 2.75) is 53.9 Å². The molecule has 0 atom stereocenters. The fraction of sp³-hybridized carbons (Fsp3) is 0.364. The second kappa shape index (κ2) is 13.1. The molecule has 0 aliphatic carbocycles. The number of Topliss-reactive ketones (excluding diaryl/α,β-unsaturated/α-hetero) is 1. The van der Waals surface area contributed by atoms with Gasteiger partial charge in [0, 0.05) is 12.0 Å². The number of aryl methyl sites for hydroxylation is 2. The number of hydrogen-bond donors (Lipinski definition) is 0. The first-order chi connectivity index (χ1) is 11.6. The van der Waals surface area contributed by atoms with Crippen LogP contribution in [0.25, 0.3) is 0 Å². The Hall–Kier alpha value is -2.40. The van der Waals surface area contributed by atoms with E-state index in [0.717, 1.165) is 23.1 Å². The molecule has 0 saturated carbocycles. The number of hydrogen-bond acceptors (Lipinski definition) is 2. The Kier molecular flexibility index (Phi) is 11.8. The van der Waals surface area contributed by atoms with Crippen LogP contribution in [-0.2, 0) is 6.42 Å². The van der Waals surface area contributed by atoms with E-state index in [1.165, 1.54) is 5.56 Å². The summed E-state index contributed by atoms with van der Waals surface area (Å²) in [4.78, 5) is 11.4. The first-order valence-electron chi connectivity index (χ1n) is 8.59. The van der Waals surface area contributed by atoms with Gasteiger partial charge in [0.25, 0.3) is 0 Å². The molecule has 2 rings (SSSR count). The lowest BCUT2D eigenvalue weighted by molar-refractivity contribution is 0.0981. The van der Waals surface area contributed by atoms with Gasteiger partial charge in [-0.25, -0.2) is 0 Å². The van der Waals surface area contributed by atoms with Crippen molar-refractivity contribution in [1.82, 2.24) is 0 Å². The molecule has 0 spiro atoms. The Labute approximate surface area is 147 Å². The molecule has 128 valence electrons. The van der Waals surface area contributed by atoms with Crippen molar-refractivity contribution in [2.24, 2.45) is 0 Å². The second-order valence-corrected chi connectivity index (χ2v) is 5.30. The van der Waals surface area contributed by atoms with Crippen LogP contribution in [-0.4, -0.2) is 5.78 Å². The Bertz CT molecular complexity index is 653. The van der Waals surface area contributed by atoms with E-state index in [9.17, 15) is 4.79 Å². The van der Waals surface area contributed by atoms with E-state index in [2.05, 4.69) is 6.07 Å². The molecule has 2 aromatic rings. The van der Waals surface area contributed by atoms with E-state index in [4.69, 9.17) is 5.26 Å². The van der Waals surface area contributed by atoms with E-state index < -0.39 is 0 Å². The van der Waals surface area contributed by atoms with Crippen LogP contribution < -0.4 is 0 Å². The molecular formula is C22H29NO. The van der Waals surface area contributed by atoms with E-state index in [1.54, 1.807) is 0 Å². The number of carbonyl (C=O) groups excluding carboxylic acids is 1. The fourth-order valence-electron chi connectivity index (χ4n) is 2.08. The van der Waals surface area contributed by atoms with E-state index in [-0.39, 0.29) is 5.78 Å². The van der Waals surface area contributed by atoms with Gasteiger partial charge in [0.2, 0.25) is 0 Å². The average molecular weight is 323 g/mol. The smallest absolute Gasteiger partial charge is 0.162 e. The molecular weight excluding hydrogens is 294 g/mol. The molecule has 0 unspecified atom stereocenters. The van der Waals surface area contributed by atoms with Crippen LogP contribution >= 0.6 is 0 Å². The van der Waals surface area contributed by atoms with Crippen molar-refractivity contribution >= 4 is 5.78 Å². The minimum absolute atomic E-state index is 0.251. The van der Waals surface area contributed by atoms with Crippen LogP contribution in [0.5, 0.6) is 0 Å². The molecule has 0 heterocycles. The van der Waals surface area contributed by atoms with Crippen LogP contribution in [0.15, 0.2) is 48.5 Å². The van der Waals surface area contributed by atoms with Crippen molar-refractivity contribution in [2.75, 3.05) is 0 Å². The SMILES string of the molecule is CC.CCCC(=O)c1cccc(C)c1.Cc1ccccc1CC#N. The summed E-state index contributed by atoms with van der Waals surface area (Å²) in [5, 5.41) is 8.39. The van der Waals surface area contributed by atoms with Gasteiger partial charge < -0.3 is 0 Å². The predicted molar refractivity (Wildman–Crippen MR) is 102 cm³/mol. The third-order valence-electron chi connectivity index (χ3n) is 3.35. The van der Waals surface area contributed by atoms with Gasteiger partial charge in [0.15, 0.2) is 5.78 Å². The summed E-state index contributed by atoms with van der Waals surface area (Å²) in [7, 11) is 0. The Balaban J connectivity index is 0.000000405. The minimum Gasteiger partial charge on any atom is -0.294 e. The zero-order valence-electron chi connectivity index (χ0n) is 15.6. The third-order valence-corrected chi connectivity index (χ3v) is 3.35. The van der Waals surface area contributed by atoms with Crippen LogP contribution in [0.3, 0.4) is 0 Å². The highest BCUT2D eigenvalue weighted by Gasteiger charge is 2.02. The molecule has 0 fully saturated rings. The normalized spacial score (nSPS) is 8.83. The molecule has 0 saturated heterocycles. The lowest BCUT2D eigenvalue weighted by atomic mass is 10.1. The maximum Gasteiger partial charge on any atom is 0.162 e. The summed E-state index contributed by atoms with van der Waals surface area (Å²) in [6.45, 7) is 10.0. The third kappa shape index (κ3) is 8.29. The molecule has 0 bridgehead atoms. The lowest BCUT2D eigenvalue weighted by Crippen LogP contribution is -1.97. The quantitative estimate of drug-likeness (QED) is 0.641. The van der Waals surface area contributed by atoms with Crippen LogP contribution in [0, 0.1) is 25.2 Å². The maximum absolute atomic E-state index is 11.4.